The van der Waals surface area contributed by atoms with E-state index in [0.29, 0.717) is 23.0 Å². The van der Waals surface area contributed by atoms with Crippen LogP contribution in [0.3, 0.4) is 0 Å². The lowest BCUT2D eigenvalue weighted by Gasteiger charge is -2.25. The molecule has 0 saturated carbocycles. The number of nitrogens with one attached hydrogen (secondary N) is 1. The third-order valence-corrected chi connectivity index (χ3v) is 3.64. The van der Waals surface area contributed by atoms with Gasteiger partial charge in [-0.05, 0) is 13.8 Å². The fraction of sp³-hybridized carbons (Fsp3) is 0.500. The van der Waals surface area contributed by atoms with Crippen molar-refractivity contribution >= 4 is 28.7 Å². The minimum absolute atomic E-state index is 0.0876. The monoisotopic (exact) mass is 294 g/mol. The highest BCUT2D eigenvalue weighted by molar-refractivity contribution is 7.80. The Morgan fingerprint density at radius 2 is 2.35 bits per heavy atom. The number of hydrogen-bond donors (Lipinski definition) is 2. The Morgan fingerprint density at radius 3 is 2.95 bits per heavy atom. The number of rotatable bonds is 5. The fourth-order valence-corrected chi connectivity index (χ4v) is 2.12. The highest BCUT2D eigenvalue weighted by Crippen LogP contribution is 2.15. The maximum atomic E-state index is 11.6. The molecule has 2 aromatic heterocycles. The van der Waals surface area contributed by atoms with Gasteiger partial charge in [-0.1, -0.05) is 19.1 Å². The van der Waals surface area contributed by atoms with E-state index in [9.17, 15) is 4.79 Å². The Labute approximate surface area is 121 Å². The fourth-order valence-electron chi connectivity index (χ4n) is 2.05. The van der Waals surface area contributed by atoms with E-state index in [1.807, 2.05) is 13.8 Å². The molecule has 0 aliphatic heterocycles. The van der Waals surface area contributed by atoms with Crippen molar-refractivity contribution in [3.63, 3.8) is 0 Å². The smallest absolute Gasteiger partial charge is 0.349 e. The molecule has 0 aliphatic carbocycles. The first kappa shape index (κ1) is 14.4. The van der Waals surface area contributed by atoms with Crippen LogP contribution in [-0.4, -0.2) is 37.7 Å². The second-order valence-corrected chi connectivity index (χ2v) is 5.20. The van der Waals surface area contributed by atoms with Crippen LogP contribution in [0.2, 0.25) is 0 Å². The van der Waals surface area contributed by atoms with E-state index in [1.165, 1.54) is 4.40 Å². The maximum Gasteiger partial charge on any atom is 0.349 e. The average molecular weight is 294 g/mol. The molecule has 0 aromatic carbocycles. The summed E-state index contributed by atoms with van der Waals surface area (Å²) in [5, 5.41) is 6.40. The number of hydrogen-bond acceptors (Lipinski definition) is 5. The summed E-state index contributed by atoms with van der Waals surface area (Å²) >= 11 is 5.01. The third kappa shape index (κ3) is 2.64. The van der Waals surface area contributed by atoms with Crippen LogP contribution in [0.5, 0.6) is 0 Å². The lowest BCUT2D eigenvalue weighted by molar-refractivity contribution is 0.696. The molecule has 20 heavy (non-hydrogen) atoms. The van der Waals surface area contributed by atoms with E-state index < -0.39 is 0 Å². The molecule has 108 valence electrons. The average Bonchev–Trinajstić information content (AvgIpc) is 2.77. The van der Waals surface area contributed by atoms with E-state index in [0.717, 1.165) is 12.4 Å². The zero-order chi connectivity index (χ0) is 14.9. The zero-order valence-corrected chi connectivity index (χ0v) is 12.6. The number of nitrogens with two attached hydrogens (primary N) is 1. The number of aromatic nitrogens is 4. The maximum absolute atomic E-state index is 11.6. The molecule has 1 unspecified atom stereocenters. The van der Waals surface area contributed by atoms with Crippen molar-refractivity contribution in [3.8, 4) is 0 Å². The van der Waals surface area contributed by atoms with Gasteiger partial charge >= 0.3 is 5.69 Å². The van der Waals surface area contributed by atoms with E-state index in [1.54, 1.807) is 13.0 Å². The van der Waals surface area contributed by atoms with Crippen LogP contribution in [-0.2, 0) is 0 Å². The van der Waals surface area contributed by atoms with E-state index in [2.05, 4.69) is 20.1 Å². The molecule has 0 radical (unpaired) electrons. The number of aryl methyl sites for hydroxylation is 1. The summed E-state index contributed by atoms with van der Waals surface area (Å²) in [5.74, 6) is 1.45. The van der Waals surface area contributed by atoms with Crippen LogP contribution < -0.4 is 16.3 Å². The summed E-state index contributed by atoms with van der Waals surface area (Å²) in [5.41, 5.74) is 5.94. The Hall–Kier alpha value is -1.96. The summed E-state index contributed by atoms with van der Waals surface area (Å²) in [4.78, 5) is 18.6. The lowest BCUT2D eigenvalue weighted by Crippen LogP contribution is -2.34. The standard InChI is InChI=1S/C12H18N6OS/c1-4-17(6-7(2)11(13)20)9-5-10-15-16-12(19)18(10)8(3)14-9/h5,7H,4,6H2,1-3H3,(H2,13,20)(H,16,19). The molecule has 0 spiro atoms. The summed E-state index contributed by atoms with van der Waals surface area (Å²) in [6.07, 6.45) is 0. The Morgan fingerprint density at radius 1 is 1.65 bits per heavy atom. The molecule has 0 bridgehead atoms. The van der Waals surface area contributed by atoms with E-state index in [4.69, 9.17) is 18.0 Å². The van der Waals surface area contributed by atoms with Gasteiger partial charge in [0.05, 0.1) is 4.99 Å². The molecule has 3 N–H and O–H groups in total. The van der Waals surface area contributed by atoms with Gasteiger partial charge in [0.1, 0.15) is 11.6 Å². The van der Waals surface area contributed by atoms with Crippen molar-refractivity contribution in [1.29, 1.82) is 0 Å². The molecule has 2 aromatic rings. The third-order valence-electron chi connectivity index (χ3n) is 3.24. The van der Waals surface area contributed by atoms with E-state index in [-0.39, 0.29) is 11.6 Å². The molecular formula is C12H18N6OS. The summed E-state index contributed by atoms with van der Waals surface area (Å²) in [6.45, 7) is 7.24. The van der Waals surface area contributed by atoms with Gasteiger partial charge in [-0.2, -0.15) is 5.10 Å². The Balaban J connectivity index is 2.40. The molecule has 0 aliphatic rings. The molecule has 1 atom stereocenters. The van der Waals surface area contributed by atoms with Crippen molar-refractivity contribution in [3.05, 3.63) is 22.4 Å². The van der Waals surface area contributed by atoms with Gasteiger partial charge in [-0.15, -0.1) is 0 Å². The molecular weight excluding hydrogens is 276 g/mol. The van der Waals surface area contributed by atoms with Crippen LogP contribution in [0.4, 0.5) is 5.82 Å². The number of nitrogens with zero attached hydrogens (tertiary/aromatic N) is 4. The highest BCUT2D eigenvalue weighted by atomic mass is 32.1. The van der Waals surface area contributed by atoms with Crippen LogP contribution in [0.1, 0.15) is 19.7 Å². The number of thiocarbonyl (C=S) groups is 1. The second-order valence-electron chi connectivity index (χ2n) is 4.73. The van der Waals surface area contributed by atoms with Gasteiger partial charge in [-0.3, -0.25) is 0 Å². The second kappa shape index (κ2) is 5.58. The van der Waals surface area contributed by atoms with Crippen molar-refractivity contribution in [2.75, 3.05) is 18.0 Å². The van der Waals surface area contributed by atoms with Crippen LogP contribution in [0, 0.1) is 12.8 Å². The molecule has 2 rings (SSSR count). The molecule has 2 heterocycles. The normalized spacial score (nSPS) is 12.6. The van der Waals surface area contributed by atoms with Gasteiger partial charge in [0.2, 0.25) is 0 Å². The van der Waals surface area contributed by atoms with Gasteiger partial charge in [0, 0.05) is 25.1 Å². The number of aromatic amines is 1. The summed E-state index contributed by atoms with van der Waals surface area (Å²) in [6, 6.07) is 1.78. The predicted octanol–water partition coefficient (Wildman–Crippen LogP) is 0.475. The van der Waals surface area contributed by atoms with Gasteiger partial charge in [-0.25, -0.2) is 19.3 Å². The van der Waals surface area contributed by atoms with Crippen molar-refractivity contribution in [2.24, 2.45) is 11.7 Å². The summed E-state index contributed by atoms with van der Waals surface area (Å²) < 4.78 is 1.44. The van der Waals surface area contributed by atoms with Gasteiger partial charge < -0.3 is 10.6 Å². The molecule has 8 heteroatoms. The number of fused-ring (bicyclic) bond motifs is 1. The van der Waals surface area contributed by atoms with Crippen LogP contribution in [0.15, 0.2) is 10.9 Å². The quantitative estimate of drug-likeness (QED) is 0.779. The molecule has 0 amide bonds. The van der Waals surface area contributed by atoms with Gasteiger partial charge in [0.15, 0.2) is 5.65 Å². The number of H-pyrrole nitrogens is 1. The number of anilines is 1. The first-order valence-electron chi connectivity index (χ1n) is 6.43. The minimum atomic E-state index is -0.281. The largest absolute Gasteiger partial charge is 0.393 e. The predicted molar refractivity (Wildman–Crippen MR) is 82.2 cm³/mol. The SMILES string of the molecule is CCN(CC(C)C(N)=S)c1cc2n[nH]c(=O)n2c(C)n1. The molecule has 0 fully saturated rings. The summed E-state index contributed by atoms with van der Waals surface area (Å²) in [7, 11) is 0. The van der Waals surface area contributed by atoms with E-state index >= 15 is 0 Å². The van der Waals surface area contributed by atoms with Crippen LogP contribution >= 0.6 is 12.2 Å². The van der Waals surface area contributed by atoms with Crippen molar-refractivity contribution in [2.45, 2.75) is 20.8 Å². The van der Waals surface area contributed by atoms with Crippen LogP contribution in [0.25, 0.3) is 5.65 Å². The lowest BCUT2D eigenvalue weighted by atomic mass is 10.1. The van der Waals surface area contributed by atoms with Crippen molar-refractivity contribution in [1.82, 2.24) is 19.6 Å². The van der Waals surface area contributed by atoms with Crippen molar-refractivity contribution < 1.29 is 0 Å². The Bertz CT molecular complexity index is 691. The minimum Gasteiger partial charge on any atom is -0.393 e. The highest BCUT2D eigenvalue weighted by Gasteiger charge is 2.15. The Kier molecular flexibility index (Phi) is 4.03. The first-order valence-corrected chi connectivity index (χ1v) is 6.84. The molecule has 7 nitrogen and oxygen atoms in total. The topological polar surface area (TPSA) is 92.3 Å². The first-order chi connectivity index (χ1) is 9.43. The van der Waals surface area contributed by atoms with Gasteiger partial charge in [0.25, 0.3) is 0 Å². The molecule has 0 saturated heterocycles. The zero-order valence-electron chi connectivity index (χ0n) is 11.8.